The highest BCUT2D eigenvalue weighted by molar-refractivity contribution is 6.30. The van der Waals surface area contributed by atoms with Gasteiger partial charge in [-0.05, 0) is 35.4 Å². The molecule has 0 aliphatic carbocycles. The van der Waals surface area contributed by atoms with Gasteiger partial charge in [0.15, 0.2) is 0 Å². The first kappa shape index (κ1) is 19.3. The highest BCUT2D eigenvalue weighted by Gasteiger charge is 2.04. The van der Waals surface area contributed by atoms with Crippen molar-refractivity contribution in [3.8, 4) is 5.75 Å². The summed E-state index contributed by atoms with van der Waals surface area (Å²) in [7, 11) is 0. The molecular weight excluding hydrogens is 355 g/mol. The van der Waals surface area contributed by atoms with E-state index in [4.69, 9.17) is 16.3 Å². The van der Waals surface area contributed by atoms with Crippen LogP contribution in [0.5, 0.6) is 5.75 Å². The lowest BCUT2D eigenvalue weighted by Gasteiger charge is -2.12. The summed E-state index contributed by atoms with van der Waals surface area (Å²) in [6.45, 7) is 2.04. The van der Waals surface area contributed by atoms with Crippen LogP contribution >= 0.6 is 24.0 Å². The number of pyridine rings is 1. The number of aromatic nitrogens is 1. The van der Waals surface area contributed by atoms with E-state index in [2.05, 4.69) is 22.4 Å². The summed E-state index contributed by atoms with van der Waals surface area (Å²) in [6.07, 6.45) is 3.65. The van der Waals surface area contributed by atoms with Crippen LogP contribution in [-0.2, 0) is 19.7 Å². The Labute approximate surface area is 159 Å². The number of rotatable bonds is 7. The maximum Gasteiger partial charge on any atom is 0.124 e. The van der Waals surface area contributed by atoms with Gasteiger partial charge in [0.25, 0.3) is 0 Å². The summed E-state index contributed by atoms with van der Waals surface area (Å²) in [5, 5.41) is 4.16. The molecule has 0 bridgehead atoms. The molecule has 0 fully saturated rings. The van der Waals surface area contributed by atoms with Gasteiger partial charge in [0, 0.05) is 36.1 Å². The van der Waals surface area contributed by atoms with Crippen molar-refractivity contribution in [2.75, 3.05) is 0 Å². The number of hydrogen-bond donors (Lipinski definition) is 1. The van der Waals surface area contributed by atoms with Crippen molar-refractivity contribution in [2.45, 2.75) is 19.7 Å². The largest absolute Gasteiger partial charge is 0.489 e. The van der Waals surface area contributed by atoms with E-state index in [0.29, 0.717) is 6.61 Å². The van der Waals surface area contributed by atoms with Crippen LogP contribution in [0.4, 0.5) is 0 Å². The number of para-hydroxylation sites is 1. The molecule has 0 saturated carbocycles. The zero-order valence-electron chi connectivity index (χ0n) is 13.7. The molecule has 0 saturated heterocycles. The molecule has 25 heavy (non-hydrogen) atoms. The van der Waals surface area contributed by atoms with Gasteiger partial charge in [0.05, 0.1) is 0 Å². The predicted octanol–water partition coefficient (Wildman–Crippen LogP) is 5.03. The average molecular weight is 375 g/mol. The number of hydrogen-bond acceptors (Lipinski definition) is 3. The first-order valence-corrected chi connectivity index (χ1v) is 8.24. The van der Waals surface area contributed by atoms with Crippen molar-refractivity contribution in [3.63, 3.8) is 0 Å². The first-order valence-electron chi connectivity index (χ1n) is 7.86. The third kappa shape index (κ3) is 6.05. The molecule has 130 valence electrons. The summed E-state index contributed by atoms with van der Waals surface area (Å²) < 4.78 is 5.97. The summed E-state index contributed by atoms with van der Waals surface area (Å²) in [5.74, 6) is 0.895. The number of nitrogens with zero attached hydrogens (tertiary/aromatic N) is 1. The molecule has 0 amide bonds. The summed E-state index contributed by atoms with van der Waals surface area (Å²) >= 11 is 5.91. The Kier molecular flexibility index (Phi) is 7.74. The van der Waals surface area contributed by atoms with E-state index in [-0.39, 0.29) is 12.4 Å². The van der Waals surface area contributed by atoms with E-state index in [0.717, 1.165) is 40.6 Å². The van der Waals surface area contributed by atoms with Gasteiger partial charge in [-0.25, -0.2) is 0 Å². The molecule has 5 heteroatoms. The monoisotopic (exact) mass is 374 g/mol. The lowest BCUT2D eigenvalue weighted by atomic mass is 10.2. The fourth-order valence-electron chi connectivity index (χ4n) is 2.38. The normalized spacial score (nSPS) is 10.1. The molecule has 0 atom stereocenters. The molecule has 0 aliphatic heterocycles. The maximum absolute atomic E-state index is 5.97. The van der Waals surface area contributed by atoms with Gasteiger partial charge in [0.2, 0.25) is 0 Å². The van der Waals surface area contributed by atoms with E-state index >= 15 is 0 Å². The Hall–Kier alpha value is -2.07. The summed E-state index contributed by atoms with van der Waals surface area (Å²) in [5.41, 5.74) is 3.39. The molecule has 1 aromatic heterocycles. The van der Waals surface area contributed by atoms with Crippen molar-refractivity contribution >= 4 is 24.0 Å². The van der Waals surface area contributed by atoms with Crippen LogP contribution in [0.2, 0.25) is 5.02 Å². The Balaban J connectivity index is 0.00000225. The van der Waals surface area contributed by atoms with Crippen molar-refractivity contribution in [1.82, 2.24) is 10.3 Å². The van der Waals surface area contributed by atoms with Crippen LogP contribution in [0, 0.1) is 0 Å². The number of nitrogens with one attached hydrogen (secondary N) is 1. The Morgan fingerprint density at radius 1 is 0.880 bits per heavy atom. The van der Waals surface area contributed by atoms with Gasteiger partial charge in [0.1, 0.15) is 12.4 Å². The lowest BCUT2D eigenvalue weighted by Crippen LogP contribution is -2.13. The molecule has 1 heterocycles. The topological polar surface area (TPSA) is 34.1 Å². The predicted molar refractivity (Wildman–Crippen MR) is 104 cm³/mol. The van der Waals surface area contributed by atoms with Gasteiger partial charge in [-0.15, -0.1) is 12.4 Å². The van der Waals surface area contributed by atoms with Crippen molar-refractivity contribution in [1.29, 1.82) is 0 Å². The quantitative estimate of drug-likeness (QED) is 0.629. The van der Waals surface area contributed by atoms with Crippen molar-refractivity contribution < 1.29 is 4.74 Å². The molecular formula is C20H20Cl2N2O. The van der Waals surface area contributed by atoms with Crippen LogP contribution < -0.4 is 10.1 Å². The van der Waals surface area contributed by atoms with Crippen molar-refractivity contribution in [3.05, 3.63) is 94.8 Å². The molecule has 1 N–H and O–H groups in total. The fraction of sp³-hybridized carbons (Fsp3) is 0.150. The van der Waals surface area contributed by atoms with Crippen molar-refractivity contribution in [2.24, 2.45) is 0 Å². The fourth-order valence-corrected chi connectivity index (χ4v) is 2.50. The molecule has 0 unspecified atom stereocenters. The van der Waals surface area contributed by atoms with E-state index in [9.17, 15) is 0 Å². The molecule has 2 aromatic carbocycles. The van der Waals surface area contributed by atoms with Crippen LogP contribution in [0.1, 0.15) is 16.7 Å². The third-order valence-corrected chi connectivity index (χ3v) is 3.90. The number of halogens is 2. The zero-order chi connectivity index (χ0) is 16.6. The van der Waals surface area contributed by atoms with E-state index in [1.54, 1.807) is 6.20 Å². The second-order valence-corrected chi connectivity index (χ2v) is 5.92. The van der Waals surface area contributed by atoms with E-state index in [1.807, 2.05) is 54.7 Å². The average Bonchev–Trinajstić information content (AvgIpc) is 2.63. The van der Waals surface area contributed by atoms with Crippen LogP contribution in [-0.4, -0.2) is 4.98 Å². The van der Waals surface area contributed by atoms with E-state index < -0.39 is 0 Å². The summed E-state index contributed by atoms with van der Waals surface area (Å²) in [6, 6.07) is 19.8. The summed E-state index contributed by atoms with van der Waals surface area (Å²) in [4.78, 5) is 4.12. The first-order chi connectivity index (χ1) is 11.8. The van der Waals surface area contributed by atoms with Gasteiger partial charge in [-0.2, -0.15) is 0 Å². The van der Waals surface area contributed by atoms with Gasteiger partial charge >= 0.3 is 0 Å². The van der Waals surface area contributed by atoms with Gasteiger partial charge in [-0.1, -0.05) is 48.0 Å². The zero-order valence-corrected chi connectivity index (χ0v) is 15.3. The SMILES string of the molecule is Cl.Clc1ccc(COc2ccccc2CNCc2cccnc2)cc1. The molecule has 0 radical (unpaired) electrons. The van der Waals surface area contributed by atoms with Gasteiger partial charge in [-0.3, -0.25) is 4.98 Å². The molecule has 0 spiro atoms. The Morgan fingerprint density at radius 2 is 1.68 bits per heavy atom. The highest BCUT2D eigenvalue weighted by atomic mass is 35.5. The van der Waals surface area contributed by atoms with E-state index in [1.165, 1.54) is 0 Å². The molecule has 0 aliphatic rings. The lowest BCUT2D eigenvalue weighted by molar-refractivity contribution is 0.302. The minimum absolute atomic E-state index is 0. The smallest absolute Gasteiger partial charge is 0.124 e. The van der Waals surface area contributed by atoms with Crippen LogP contribution in [0.25, 0.3) is 0 Å². The second-order valence-electron chi connectivity index (χ2n) is 5.49. The number of benzene rings is 2. The van der Waals surface area contributed by atoms with Crippen LogP contribution in [0.3, 0.4) is 0 Å². The number of ether oxygens (including phenoxy) is 1. The third-order valence-electron chi connectivity index (χ3n) is 3.65. The molecule has 3 aromatic rings. The highest BCUT2D eigenvalue weighted by Crippen LogP contribution is 2.20. The van der Waals surface area contributed by atoms with Gasteiger partial charge < -0.3 is 10.1 Å². The van der Waals surface area contributed by atoms with Crippen LogP contribution in [0.15, 0.2) is 73.1 Å². The minimum atomic E-state index is 0. The molecule has 3 nitrogen and oxygen atoms in total. The molecule has 3 rings (SSSR count). The maximum atomic E-state index is 5.97. The standard InChI is InChI=1S/C20H19ClN2O.ClH/c21-19-9-7-16(8-10-19)15-24-20-6-2-1-5-18(20)14-23-13-17-4-3-11-22-12-17;/h1-12,23H,13-15H2;1H. The Bertz CT molecular complexity index is 764. The Morgan fingerprint density at radius 3 is 2.44 bits per heavy atom. The minimum Gasteiger partial charge on any atom is -0.489 e. The second kappa shape index (κ2) is 10.0.